The summed E-state index contributed by atoms with van der Waals surface area (Å²) < 4.78 is 1.87. The van der Waals surface area contributed by atoms with Gasteiger partial charge in [-0.2, -0.15) is 5.10 Å². The van der Waals surface area contributed by atoms with Crippen LogP contribution in [0.1, 0.15) is 21.8 Å². The van der Waals surface area contributed by atoms with Gasteiger partial charge < -0.3 is 15.5 Å². The minimum Gasteiger partial charge on any atom is -0.356 e. The first-order valence-electron chi connectivity index (χ1n) is 8.62. The van der Waals surface area contributed by atoms with Crippen molar-refractivity contribution in [3.05, 3.63) is 39.3 Å². The van der Waals surface area contributed by atoms with Gasteiger partial charge in [0, 0.05) is 43.8 Å². The number of thiophene rings is 1. The average molecular weight is 377 g/mol. The van der Waals surface area contributed by atoms with E-state index in [0.29, 0.717) is 12.5 Å². The maximum Gasteiger partial charge on any atom is 0.241 e. The van der Waals surface area contributed by atoms with Crippen molar-refractivity contribution in [2.24, 2.45) is 12.0 Å². The number of aromatic nitrogens is 2. The monoisotopic (exact) mass is 376 g/mol. The van der Waals surface area contributed by atoms with Gasteiger partial charge in [0.1, 0.15) is 0 Å². The van der Waals surface area contributed by atoms with Crippen molar-refractivity contribution in [3.8, 4) is 0 Å². The number of nitrogens with one attached hydrogen (secondary N) is 2. The van der Waals surface area contributed by atoms with Crippen LogP contribution in [0.25, 0.3) is 0 Å². The zero-order valence-electron chi connectivity index (χ0n) is 16.2. The number of hydrogen-bond donors (Lipinski definition) is 2. The van der Waals surface area contributed by atoms with E-state index in [1.54, 1.807) is 30.3 Å². The van der Waals surface area contributed by atoms with Crippen molar-refractivity contribution in [2.75, 3.05) is 27.2 Å². The molecule has 0 aliphatic heterocycles. The maximum absolute atomic E-state index is 11.9. The number of rotatable bonds is 7. The second kappa shape index (κ2) is 9.38. The zero-order chi connectivity index (χ0) is 19.1. The number of hydrogen-bond acceptors (Lipinski definition) is 4. The number of nitrogens with zero attached hydrogens (tertiary/aromatic N) is 4. The Kier molecular flexibility index (Phi) is 7.20. The van der Waals surface area contributed by atoms with Gasteiger partial charge in [-0.05, 0) is 31.7 Å². The lowest BCUT2D eigenvalue weighted by Crippen LogP contribution is -2.43. The quantitative estimate of drug-likeness (QED) is 0.567. The lowest BCUT2D eigenvalue weighted by atomic mass is 10.2. The van der Waals surface area contributed by atoms with Gasteiger partial charge in [0.25, 0.3) is 0 Å². The molecule has 0 aliphatic carbocycles. The van der Waals surface area contributed by atoms with Crippen LogP contribution in [0.5, 0.6) is 0 Å². The first-order valence-corrected chi connectivity index (χ1v) is 9.50. The summed E-state index contributed by atoms with van der Waals surface area (Å²) in [5.41, 5.74) is 3.20. The normalized spacial score (nSPS) is 11.5. The van der Waals surface area contributed by atoms with Crippen LogP contribution in [0.4, 0.5) is 0 Å². The molecule has 26 heavy (non-hydrogen) atoms. The molecule has 2 rings (SSSR count). The van der Waals surface area contributed by atoms with Gasteiger partial charge in [-0.25, -0.2) is 4.99 Å². The van der Waals surface area contributed by atoms with Crippen molar-refractivity contribution >= 4 is 23.2 Å². The predicted octanol–water partition coefficient (Wildman–Crippen LogP) is 1.46. The molecule has 0 fully saturated rings. The summed E-state index contributed by atoms with van der Waals surface area (Å²) in [6, 6.07) is 4.17. The molecule has 142 valence electrons. The lowest BCUT2D eigenvalue weighted by Gasteiger charge is -2.15. The molecule has 0 unspecified atom stereocenters. The van der Waals surface area contributed by atoms with Gasteiger partial charge in [0.05, 0.1) is 18.8 Å². The fraction of sp³-hybridized carbons (Fsp3) is 0.500. The molecule has 0 radical (unpaired) electrons. The Balaban J connectivity index is 2.01. The number of guanidine groups is 1. The molecular weight excluding hydrogens is 348 g/mol. The van der Waals surface area contributed by atoms with Gasteiger partial charge in [-0.3, -0.25) is 9.48 Å². The first kappa shape index (κ1) is 20.0. The molecule has 7 nitrogen and oxygen atoms in total. The van der Waals surface area contributed by atoms with Crippen LogP contribution in [0.15, 0.2) is 22.5 Å². The van der Waals surface area contributed by atoms with Crippen LogP contribution < -0.4 is 10.6 Å². The van der Waals surface area contributed by atoms with Crippen LogP contribution in [0.3, 0.4) is 0 Å². The third-order valence-electron chi connectivity index (χ3n) is 4.20. The maximum atomic E-state index is 11.9. The van der Waals surface area contributed by atoms with Crippen molar-refractivity contribution < 1.29 is 4.79 Å². The van der Waals surface area contributed by atoms with E-state index in [1.165, 1.54) is 4.88 Å². The van der Waals surface area contributed by atoms with Crippen molar-refractivity contribution in [1.29, 1.82) is 0 Å². The summed E-state index contributed by atoms with van der Waals surface area (Å²) in [6.07, 6.45) is 0.922. The predicted molar refractivity (Wildman–Crippen MR) is 107 cm³/mol. The highest BCUT2D eigenvalue weighted by atomic mass is 32.1. The third kappa shape index (κ3) is 5.59. The van der Waals surface area contributed by atoms with Crippen LogP contribution in [0, 0.1) is 13.8 Å². The van der Waals surface area contributed by atoms with E-state index in [9.17, 15) is 4.79 Å². The zero-order valence-corrected chi connectivity index (χ0v) is 17.0. The molecular formula is C18H28N6OS. The molecule has 0 aromatic carbocycles. The Hall–Kier alpha value is -2.35. The fourth-order valence-corrected chi connectivity index (χ4v) is 3.16. The standard InChI is InChI=1S/C18H28N6OS/c1-13-16(14(2)24(5)22-13)11-20-18(21-12-17(25)23(3)4)19-9-8-15-7-6-10-26-15/h6-7,10H,8-9,11-12H2,1-5H3,(H2,19,20,21). The van der Waals surface area contributed by atoms with Crippen LogP contribution >= 0.6 is 11.3 Å². The van der Waals surface area contributed by atoms with Crippen molar-refractivity contribution in [1.82, 2.24) is 25.3 Å². The summed E-state index contributed by atoms with van der Waals surface area (Å²) in [5.74, 6) is 0.644. The fourth-order valence-electron chi connectivity index (χ4n) is 2.46. The van der Waals surface area contributed by atoms with E-state index in [0.717, 1.165) is 29.9 Å². The average Bonchev–Trinajstić information content (AvgIpc) is 3.19. The van der Waals surface area contributed by atoms with E-state index in [1.807, 2.05) is 25.6 Å². The minimum absolute atomic E-state index is 0.00601. The smallest absolute Gasteiger partial charge is 0.241 e. The highest BCUT2D eigenvalue weighted by Crippen LogP contribution is 2.13. The van der Waals surface area contributed by atoms with E-state index >= 15 is 0 Å². The summed E-state index contributed by atoms with van der Waals surface area (Å²) in [5, 5.41) is 12.9. The topological polar surface area (TPSA) is 74.5 Å². The Bertz CT molecular complexity index is 748. The third-order valence-corrected chi connectivity index (χ3v) is 5.14. The largest absolute Gasteiger partial charge is 0.356 e. The molecule has 2 aromatic rings. The molecule has 0 spiro atoms. The molecule has 0 atom stereocenters. The summed E-state index contributed by atoms with van der Waals surface area (Å²) >= 11 is 1.74. The molecule has 2 heterocycles. The molecule has 1 amide bonds. The molecule has 0 bridgehead atoms. The molecule has 0 saturated carbocycles. The molecule has 2 N–H and O–H groups in total. The van der Waals surface area contributed by atoms with Gasteiger partial charge in [-0.15, -0.1) is 11.3 Å². The number of carbonyl (C=O) groups is 1. The number of aryl methyl sites for hydroxylation is 2. The Morgan fingerprint density at radius 2 is 2.12 bits per heavy atom. The summed E-state index contributed by atoms with van der Waals surface area (Å²) in [7, 11) is 5.42. The minimum atomic E-state index is 0.00601. The molecule has 2 aromatic heterocycles. The van der Waals surface area contributed by atoms with Gasteiger partial charge in [0.2, 0.25) is 5.91 Å². The second-order valence-corrected chi connectivity index (χ2v) is 7.37. The summed E-state index contributed by atoms with van der Waals surface area (Å²) in [4.78, 5) is 19.4. The van der Waals surface area contributed by atoms with Gasteiger partial charge >= 0.3 is 0 Å². The van der Waals surface area contributed by atoms with Gasteiger partial charge in [-0.1, -0.05) is 6.07 Å². The van der Waals surface area contributed by atoms with Crippen molar-refractivity contribution in [2.45, 2.75) is 26.8 Å². The van der Waals surface area contributed by atoms with E-state index in [-0.39, 0.29) is 12.5 Å². The molecule has 0 saturated heterocycles. The Morgan fingerprint density at radius 3 is 2.69 bits per heavy atom. The van der Waals surface area contributed by atoms with Crippen LogP contribution in [-0.2, 0) is 24.8 Å². The number of amides is 1. The lowest BCUT2D eigenvalue weighted by molar-refractivity contribution is -0.127. The van der Waals surface area contributed by atoms with Gasteiger partial charge in [0.15, 0.2) is 5.96 Å². The number of carbonyl (C=O) groups excluding carboxylic acids is 1. The SMILES string of the molecule is Cc1nn(C)c(C)c1CN=C(NCCc1cccs1)NCC(=O)N(C)C. The van der Waals surface area contributed by atoms with E-state index < -0.39 is 0 Å². The highest BCUT2D eigenvalue weighted by molar-refractivity contribution is 7.09. The number of aliphatic imine (C=N–C) groups is 1. The number of likely N-dealkylation sites (N-methyl/N-ethyl adjacent to an activating group) is 1. The van der Waals surface area contributed by atoms with Crippen LogP contribution in [-0.4, -0.2) is 53.7 Å². The summed E-state index contributed by atoms with van der Waals surface area (Å²) in [6.45, 7) is 5.52. The highest BCUT2D eigenvalue weighted by Gasteiger charge is 2.10. The van der Waals surface area contributed by atoms with E-state index in [2.05, 4.69) is 38.2 Å². The van der Waals surface area contributed by atoms with Crippen molar-refractivity contribution in [3.63, 3.8) is 0 Å². The van der Waals surface area contributed by atoms with Crippen LogP contribution in [0.2, 0.25) is 0 Å². The first-order chi connectivity index (χ1) is 12.4. The molecule has 0 aliphatic rings. The Labute approximate surface area is 159 Å². The molecule has 8 heteroatoms. The second-order valence-electron chi connectivity index (χ2n) is 6.34. The van der Waals surface area contributed by atoms with E-state index in [4.69, 9.17) is 0 Å². The Morgan fingerprint density at radius 1 is 1.35 bits per heavy atom.